The van der Waals surface area contributed by atoms with Crippen LogP contribution in [0.1, 0.15) is 21.6 Å². The number of carbonyl (C=O) groups is 1. The van der Waals surface area contributed by atoms with Crippen molar-refractivity contribution in [3.8, 4) is 0 Å². The third-order valence-electron chi connectivity index (χ3n) is 3.40. The number of aryl methyl sites for hydroxylation is 1. The summed E-state index contributed by atoms with van der Waals surface area (Å²) in [5.74, 6) is -0.853. The van der Waals surface area contributed by atoms with Crippen molar-refractivity contribution in [2.75, 3.05) is 0 Å². The molecule has 0 saturated carbocycles. The molecule has 2 rings (SSSR count). The molecule has 22 heavy (non-hydrogen) atoms. The van der Waals surface area contributed by atoms with E-state index in [-0.39, 0.29) is 23.5 Å². The number of hydrogen-bond acceptors (Lipinski definition) is 4. The van der Waals surface area contributed by atoms with Gasteiger partial charge in [0.1, 0.15) is 5.82 Å². The Labute approximate surface area is 125 Å². The van der Waals surface area contributed by atoms with E-state index in [1.807, 2.05) is 0 Å². The fourth-order valence-corrected chi connectivity index (χ4v) is 2.11. The minimum Gasteiger partial charge on any atom is -0.299 e. The van der Waals surface area contributed by atoms with Crippen LogP contribution in [0.2, 0.25) is 0 Å². The van der Waals surface area contributed by atoms with Gasteiger partial charge in [-0.2, -0.15) is 0 Å². The highest BCUT2D eigenvalue weighted by Crippen LogP contribution is 2.16. The zero-order chi connectivity index (χ0) is 16.4. The van der Waals surface area contributed by atoms with Gasteiger partial charge in [0, 0.05) is 17.7 Å². The fourth-order valence-electron chi connectivity index (χ4n) is 2.11. The fraction of sp³-hybridized carbons (Fsp3) is 0.200. The molecule has 1 aromatic heterocycles. The third kappa shape index (κ3) is 2.93. The van der Waals surface area contributed by atoms with Crippen LogP contribution in [0.4, 0.5) is 10.1 Å². The molecule has 6 nitrogen and oxygen atoms in total. The number of pyridine rings is 1. The van der Waals surface area contributed by atoms with Crippen molar-refractivity contribution >= 4 is 11.5 Å². The van der Waals surface area contributed by atoms with Crippen LogP contribution < -0.4 is 5.56 Å². The van der Waals surface area contributed by atoms with Crippen molar-refractivity contribution in [1.29, 1.82) is 0 Å². The zero-order valence-electron chi connectivity index (χ0n) is 12.0. The van der Waals surface area contributed by atoms with Crippen molar-refractivity contribution in [3.05, 3.63) is 73.4 Å². The zero-order valence-corrected chi connectivity index (χ0v) is 12.0. The summed E-state index contributed by atoms with van der Waals surface area (Å²) in [6.45, 7) is 2.59. The molecule has 1 heterocycles. The molecule has 0 aliphatic rings. The van der Waals surface area contributed by atoms with Crippen LogP contribution in [0.3, 0.4) is 0 Å². The van der Waals surface area contributed by atoms with Gasteiger partial charge in [0.2, 0.25) is 0 Å². The van der Waals surface area contributed by atoms with Crippen LogP contribution in [-0.2, 0) is 6.54 Å². The lowest BCUT2D eigenvalue weighted by atomic mass is 10.1. The highest BCUT2D eigenvalue weighted by molar-refractivity contribution is 5.96. The Morgan fingerprint density at radius 2 is 1.95 bits per heavy atom. The topological polar surface area (TPSA) is 82.2 Å². The van der Waals surface area contributed by atoms with Gasteiger partial charge < -0.3 is 0 Å². The van der Waals surface area contributed by atoms with Gasteiger partial charge >= 0.3 is 0 Å². The predicted molar refractivity (Wildman–Crippen MR) is 77.6 cm³/mol. The molecular formula is C15H13FN2O4. The number of halogens is 1. The van der Waals surface area contributed by atoms with Crippen LogP contribution in [0.15, 0.2) is 35.1 Å². The Hall–Kier alpha value is -2.83. The van der Waals surface area contributed by atoms with Crippen molar-refractivity contribution in [2.45, 2.75) is 20.4 Å². The molecule has 0 bridgehead atoms. The van der Waals surface area contributed by atoms with E-state index in [9.17, 15) is 24.1 Å². The Balaban J connectivity index is 2.40. The van der Waals surface area contributed by atoms with Gasteiger partial charge in [-0.05, 0) is 37.6 Å². The number of carbonyl (C=O) groups excluding carboxylic acids is 1. The lowest BCUT2D eigenvalue weighted by Gasteiger charge is -2.09. The molecule has 0 aliphatic heterocycles. The third-order valence-corrected chi connectivity index (χ3v) is 3.40. The van der Waals surface area contributed by atoms with Gasteiger partial charge in [-0.25, -0.2) is 4.39 Å². The van der Waals surface area contributed by atoms with E-state index >= 15 is 0 Å². The van der Waals surface area contributed by atoms with Crippen LogP contribution in [-0.4, -0.2) is 15.3 Å². The predicted octanol–water partition coefficient (Wildman–Crippen LogP) is 2.40. The van der Waals surface area contributed by atoms with Gasteiger partial charge in [-0.15, -0.1) is 0 Å². The summed E-state index contributed by atoms with van der Waals surface area (Å²) < 4.78 is 14.3. The molecule has 0 atom stereocenters. The van der Waals surface area contributed by atoms with Crippen molar-refractivity contribution in [3.63, 3.8) is 0 Å². The van der Waals surface area contributed by atoms with Crippen molar-refractivity contribution in [2.24, 2.45) is 0 Å². The molecule has 114 valence electrons. The first-order valence-corrected chi connectivity index (χ1v) is 6.45. The minimum absolute atomic E-state index is 0.102. The second-order valence-corrected chi connectivity index (χ2v) is 4.87. The van der Waals surface area contributed by atoms with E-state index in [4.69, 9.17) is 0 Å². The van der Waals surface area contributed by atoms with Gasteiger partial charge in [0.15, 0.2) is 5.78 Å². The van der Waals surface area contributed by atoms with Crippen LogP contribution >= 0.6 is 0 Å². The molecule has 7 heteroatoms. The van der Waals surface area contributed by atoms with E-state index in [1.54, 1.807) is 0 Å². The average molecular weight is 304 g/mol. The van der Waals surface area contributed by atoms with Gasteiger partial charge in [-0.1, -0.05) is 0 Å². The molecule has 0 aliphatic carbocycles. The molecule has 0 fully saturated rings. The summed E-state index contributed by atoms with van der Waals surface area (Å²) in [5.41, 5.74) is -0.0756. The first-order valence-electron chi connectivity index (χ1n) is 6.45. The number of rotatable bonds is 4. The van der Waals surface area contributed by atoms with E-state index in [0.717, 1.165) is 16.7 Å². The number of nitro groups is 1. The number of aromatic nitrogens is 1. The molecule has 1 aromatic carbocycles. The monoisotopic (exact) mass is 304 g/mol. The molecule has 0 radical (unpaired) electrons. The normalized spacial score (nSPS) is 10.5. The lowest BCUT2D eigenvalue weighted by Crippen LogP contribution is -2.26. The average Bonchev–Trinajstić information content (AvgIpc) is 2.45. The summed E-state index contributed by atoms with van der Waals surface area (Å²) in [4.78, 5) is 34.3. The standard InChI is InChI=1S/C15H13FN2O4/c1-9-7-11(3-4-12(9)16)14(19)8-17-10(2)13(18(21)22)5-6-15(17)20/h3-7H,8H2,1-2H3. The smallest absolute Gasteiger partial charge is 0.288 e. The summed E-state index contributed by atoms with van der Waals surface area (Å²) in [7, 11) is 0. The van der Waals surface area contributed by atoms with E-state index < -0.39 is 22.1 Å². The SMILES string of the molecule is Cc1cc(C(=O)Cn2c(C)c([N+](=O)[O-])ccc2=O)ccc1F. The van der Waals surface area contributed by atoms with Gasteiger partial charge in [0.25, 0.3) is 11.2 Å². The van der Waals surface area contributed by atoms with Crippen LogP contribution in [0.5, 0.6) is 0 Å². The number of benzene rings is 1. The highest BCUT2D eigenvalue weighted by Gasteiger charge is 2.17. The quantitative estimate of drug-likeness (QED) is 0.493. The van der Waals surface area contributed by atoms with Crippen LogP contribution in [0, 0.1) is 29.8 Å². The largest absolute Gasteiger partial charge is 0.299 e. The summed E-state index contributed by atoms with van der Waals surface area (Å²) in [5, 5.41) is 10.9. The number of ketones is 1. The minimum atomic E-state index is -0.613. The van der Waals surface area contributed by atoms with Crippen molar-refractivity contribution < 1.29 is 14.1 Å². The highest BCUT2D eigenvalue weighted by atomic mass is 19.1. The maximum atomic E-state index is 13.2. The van der Waals surface area contributed by atoms with Crippen molar-refractivity contribution in [1.82, 2.24) is 4.57 Å². The lowest BCUT2D eigenvalue weighted by molar-refractivity contribution is -0.386. The molecular weight excluding hydrogens is 291 g/mol. The summed E-state index contributed by atoms with van der Waals surface area (Å²) in [6.07, 6.45) is 0. The number of nitrogens with zero attached hydrogens (tertiary/aromatic N) is 2. The maximum Gasteiger partial charge on any atom is 0.288 e. The molecule has 0 saturated heterocycles. The van der Waals surface area contributed by atoms with Gasteiger partial charge in [0.05, 0.1) is 17.2 Å². The van der Waals surface area contributed by atoms with Gasteiger partial charge in [-0.3, -0.25) is 24.3 Å². The Kier molecular flexibility index (Phi) is 4.16. The first kappa shape index (κ1) is 15.6. The molecule has 0 amide bonds. The second kappa shape index (κ2) is 5.88. The molecule has 0 spiro atoms. The van der Waals surface area contributed by atoms with E-state index in [1.165, 1.54) is 32.0 Å². The summed E-state index contributed by atoms with van der Waals surface area (Å²) >= 11 is 0. The Morgan fingerprint density at radius 1 is 1.27 bits per heavy atom. The van der Waals surface area contributed by atoms with E-state index in [2.05, 4.69) is 0 Å². The van der Waals surface area contributed by atoms with Crippen LogP contribution in [0.25, 0.3) is 0 Å². The Bertz CT molecular complexity index is 827. The molecule has 0 N–H and O–H groups in total. The second-order valence-electron chi connectivity index (χ2n) is 4.87. The Morgan fingerprint density at radius 3 is 2.55 bits per heavy atom. The first-order chi connectivity index (χ1) is 10.3. The van der Waals surface area contributed by atoms with E-state index in [0.29, 0.717) is 5.56 Å². The molecule has 2 aromatic rings. The number of hydrogen-bond donors (Lipinski definition) is 0. The maximum absolute atomic E-state index is 13.2. The summed E-state index contributed by atoms with van der Waals surface area (Å²) in [6, 6.07) is 6.04. The number of Topliss-reactive ketones (excluding diaryl/α,β-unsaturated/α-hetero) is 1. The molecule has 0 unspecified atom stereocenters.